The lowest BCUT2D eigenvalue weighted by Gasteiger charge is -2.26. The molecule has 6 heteroatoms. The van der Waals surface area contributed by atoms with Gasteiger partial charge in [-0.05, 0) is 231 Å². The highest BCUT2D eigenvalue weighted by atomic mass is 16.3. The Morgan fingerprint density at radius 1 is 0.164 bits per heavy atom. The summed E-state index contributed by atoms with van der Waals surface area (Å²) in [5, 5.41) is 29.4. The van der Waals surface area contributed by atoms with Gasteiger partial charge < -0.3 is 27.8 Å². The predicted octanol–water partition coefficient (Wildman–Crippen LogP) is 32.9. The summed E-state index contributed by atoms with van der Waals surface area (Å²) in [6, 6.07) is 159. The summed E-state index contributed by atoms with van der Waals surface area (Å²) in [6.45, 7) is 0. The first kappa shape index (κ1) is 68.9. The third-order valence-electron chi connectivity index (χ3n) is 25.5. The first-order chi connectivity index (χ1) is 60.5. The number of aromatic nitrogens is 2. The number of hydrogen-bond donors (Lipinski definition) is 0. The zero-order chi connectivity index (χ0) is 80.0. The van der Waals surface area contributed by atoms with E-state index in [-0.39, 0.29) is 0 Å². The Balaban J connectivity index is 0.000000134. The minimum Gasteiger partial charge on any atom is -0.456 e. The molecule has 0 aliphatic carbocycles. The quantitative estimate of drug-likeness (QED) is 0.128. The van der Waals surface area contributed by atoms with E-state index in [0.717, 1.165) is 83.6 Å². The minimum absolute atomic E-state index is 0.865. The van der Waals surface area contributed by atoms with Crippen LogP contribution >= 0.6 is 0 Å². The van der Waals surface area contributed by atoms with Gasteiger partial charge in [-0.25, -0.2) is 0 Å². The van der Waals surface area contributed by atoms with E-state index in [2.05, 4.69) is 438 Å². The van der Waals surface area contributed by atoms with Crippen LogP contribution in [0, 0.1) is 0 Å². The summed E-state index contributed by atoms with van der Waals surface area (Å²) >= 11 is 0. The van der Waals surface area contributed by atoms with Gasteiger partial charge in [0.05, 0.1) is 39.1 Å². The molecule has 0 unspecified atom stereocenters. The van der Waals surface area contributed by atoms with Crippen molar-refractivity contribution in [1.29, 1.82) is 0 Å². The molecule has 0 aliphatic heterocycles. The van der Waals surface area contributed by atoms with Crippen molar-refractivity contribution in [3.8, 4) is 33.6 Å². The summed E-state index contributed by atoms with van der Waals surface area (Å²) in [4.78, 5) is 4.74. The second kappa shape index (κ2) is 27.7. The Bertz CT molecular complexity index is 8710. The van der Waals surface area contributed by atoms with E-state index >= 15 is 0 Å². The largest absolute Gasteiger partial charge is 0.456 e. The van der Waals surface area contributed by atoms with Crippen molar-refractivity contribution in [1.82, 2.24) is 9.13 Å². The van der Waals surface area contributed by atoms with E-state index in [9.17, 15) is 0 Å². The summed E-state index contributed by atoms with van der Waals surface area (Å²) in [5.74, 6) is 0. The molecular formula is C116H72N4O2. The van der Waals surface area contributed by atoms with Gasteiger partial charge in [0.1, 0.15) is 16.7 Å². The van der Waals surface area contributed by atoms with Crippen molar-refractivity contribution in [2.75, 3.05) is 9.80 Å². The molecule has 4 heterocycles. The maximum absolute atomic E-state index is 6.71. The molecule has 0 atom stereocenters. The van der Waals surface area contributed by atoms with Gasteiger partial charge in [-0.2, -0.15) is 0 Å². The van der Waals surface area contributed by atoms with Crippen LogP contribution in [0.3, 0.4) is 0 Å². The van der Waals surface area contributed by atoms with Crippen molar-refractivity contribution in [2.45, 2.75) is 0 Å². The van der Waals surface area contributed by atoms with Crippen molar-refractivity contribution in [3.05, 3.63) is 437 Å². The molecule has 22 aromatic carbocycles. The van der Waals surface area contributed by atoms with E-state index in [1.165, 1.54) is 158 Å². The highest BCUT2D eigenvalue weighted by molar-refractivity contribution is 6.28. The van der Waals surface area contributed by atoms with Gasteiger partial charge in [0, 0.05) is 82.3 Å². The summed E-state index contributed by atoms with van der Waals surface area (Å²) < 4.78 is 17.8. The van der Waals surface area contributed by atoms with Crippen LogP contribution in [0.2, 0.25) is 0 Å². The Morgan fingerprint density at radius 3 is 0.959 bits per heavy atom. The van der Waals surface area contributed by atoms with Gasteiger partial charge in [0.15, 0.2) is 5.58 Å². The second-order valence-electron chi connectivity index (χ2n) is 32.1. The van der Waals surface area contributed by atoms with Crippen LogP contribution in [0.4, 0.5) is 34.1 Å². The average Bonchev–Trinajstić information content (AvgIpc) is 1.17. The zero-order valence-electron chi connectivity index (χ0n) is 66.2. The maximum Gasteiger partial charge on any atom is 0.159 e. The molecule has 0 amide bonds. The Kier molecular flexibility index (Phi) is 15.6. The van der Waals surface area contributed by atoms with Crippen molar-refractivity contribution in [2.24, 2.45) is 0 Å². The highest BCUT2D eigenvalue weighted by Gasteiger charge is 2.25. The zero-order valence-corrected chi connectivity index (χ0v) is 66.2. The molecule has 0 saturated heterocycles. The van der Waals surface area contributed by atoms with Gasteiger partial charge in [-0.15, -0.1) is 0 Å². The average molecular weight is 1550 g/mol. The molecule has 26 rings (SSSR count). The molecule has 6 nitrogen and oxygen atoms in total. The molecule has 0 spiro atoms. The smallest absolute Gasteiger partial charge is 0.159 e. The first-order valence-corrected chi connectivity index (χ1v) is 41.8. The Hall–Kier alpha value is -16.3. The molecule has 568 valence electrons. The predicted molar refractivity (Wildman–Crippen MR) is 516 cm³/mol. The normalized spacial score (nSPS) is 11.9. The summed E-state index contributed by atoms with van der Waals surface area (Å²) in [6.07, 6.45) is 0. The third kappa shape index (κ3) is 10.9. The molecule has 0 saturated carbocycles. The van der Waals surface area contributed by atoms with Crippen molar-refractivity contribution in [3.63, 3.8) is 0 Å². The molecule has 0 bridgehead atoms. The van der Waals surface area contributed by atoms with Crippen LogP contribution in [-0.2, 0) is 0 Å². The lowest BCUT2D eigenvalue weighted by molar-refractivity contribution is 0.668. The van der Waals surface area contributed by atoms with Gasteiger partial charge in [0.25, 0.3) is 0 Å². The fourth-order valence-corrected chi connectivity index (χ4v) is 19.9. The van der Waals surface area contributed by atoms with Crippen LogP contribution in [0.1, 0.15) is 0 Å². The molecule has 0 radical (unpaired) electrons. The minimum atomic E-state index is 0.865. The number of anilines is 6. The van der Waals surface area contributed by atoms with E-state index < -0.39 is 0 Å². The number of furan rings is 2. The fraction of sp³-hybridized carbons (Fsp3) is 0. The number of para-hydroxylation sites is 5. The standard InChI is InChI=1S/2C58H36N2O/c1-2-15-42-38(13-1)14-11-24-53(42)60-54-23-9-7-20-48(54)52-35-39(29-34-55(52)60)37-27-30-40(31-28-37)59(56-25-12-22-50-49-21-8-10-26-57(49)61-58(50)56)41-32-33-47-45-18-4-3-16-43(45)44-17-5-6-19-46(44)51(47)36-41;1-2-14-43-38(12-1)13-11-22-54(43)60-55-21-9-7-19-49(55)52-34-39(26-32-56(52)60)37-24-27-40(28-25-37)59(42-30-33-58-53(36-42)50-20-8-10-23-57(50)61-58)41-29-31-48-46-17-4-3-15-44(46)45-16-5-6-18-47(45)51(48)35-41/h2*1-36H. The van der Waals surface area contributed by atoms with Gasteiger partial charge in [-0.3, -0.25) is 0 Å². The number of hydrogen-bond acceptors (Lipinski definition) is 4. The number of rotatable bonds is 10. The first-order valence-electron chi connectivity index (χ1n) is 41.8. The number of benzene rings is 22. The van der Waals surface area contributed by atoms with Crippen LogP contribution in [0.15, 0.2) is 446 Å². The fourth-order valence-electron chi connectivity index (χ4n) is 19.9. The Labute approximate surface area is 701 Å². The molecule has 0 fully saturated rings. The Morgan fingerprint density at radius 2 is 0.475 bits per heavy atom. The van der Waals surface area contributed by atoms with Gasteiger partial charge in [0.2, 0.25) is 0 Å². The molecule has 0 aliphatic rings. The topological polar surface area (TPSA) is 42.6 Å². The van der Waals surface area contributed by atoms with E-state index in [1.54, 1.807) is 0 Å². The number of nitrogens with zero attached hydrogens (tertiary/aromatic N) is 4. The van der Waals surface area contributed by atoms with Gasteiger partial charge in [-0.1, -0.05) is 303 Å². The molecule has 4 aromatic heterocycles. The van der Waals surface area contributed by atoms with Crippen LogP contribution in [0.5, 0.6) is 0 Å². The monoisotopic (exact) mass is 1550 g/mol. The van der Waals surface area contributed by atoms with Crippen LogP contribution in [-0.4, -0.2) is 9.13 Å². The van der Waals surface area contributed by atoms with E-state index in [1.807, 2.05) is 18.2 Å². The van der Waals surface area contributed by atoms with E-state index in [0.29, 0.717) is 0 Å². The van der Waals surface area contributed by atoms with Crippen LogP contribution < -0.4 is 9.80 Å². The lowest BCUT2D eigenvalue weighted by atomic mass is 9.94. The third-order valence-corrected chi connectivity index (χ3v) is 25.5. The molecule has 122 heavy (non-hydrogen) atoms. The van der Waals surface area contributed by atoms with E-state index in [4.69, 9.17) is 8.83 Å². The SMILES string of the molecule is c1ccc2c(-n3c4ccccc4c4cc(-c5ccc(N(c6ccc7c8ccccc8c8ccccc8c7c6)c6cccc7c6oc6ccccc67)cc5)ccc43)cccc2c1.c1ccc2c(-n3c4ccccc4c4cc(-c5ccc(N(c6ccc7oc8ccccc8c7c6)c6ccc7c8ccccc8c8ccccc8c7c6)cc5)ccc43)cccc2c1. The maximum atomic E-state index is 6.71. The summed E-state index contributed by atoms with van der Waals surface area (Å²) in [5.41, 5.74) is 21.7. The number of fused-ring (bicyclic) bond motifs is 26. The van der Waals surface area contributed by atoms with Crippen molar-refractivity contribution >= 4 is 208 Å². The van der Waals surface area contributed by atoms with Crippen LogP contribution in [0.25, 0.3) is 207 Å². The van der Waals surface area contributed by atoms with Crippen molar-refractivity contribution < 1.29 is 8.83 Å². The highest BCUT2D eigenvalue weighted by Crippen LogP contribution is 2.49. The second-order valence-corrected chi connectivity index (χ2v) is 32.1. The lowest BCUT2D eigenvalue weighted by Crippen LogP contribution is -2.10. The molecule has 0 N–H and O–H groups in total. The molecular weight excluding hydrogens is 1480 g/mol. The molecule has 26 aromatic rings. The summed E-state index contributed by atoms with van der Waals surface area (Å²) in [7, 11) is 0. The van der Waals surface area contributed by atoms with Gasteiger partial charge >= 0.3 is 0 Å².